The molecule has 1 aliphatic rings. The van der Waals surface area contributed by atoms with Gasteiger partial charge < -0.3 is 20.1 Å². The minimum atomic E-state index is -0.163. The molecule has 1 fully saturated rings. The molecule has 2 amide bonds. The largest absolute Gasteiger partial charge is 0.496 e. The molecular formula is C17H27N3O3. The van der Waals surface area contributed by atoms with E-state index in [0.29, 0.717) is 13.1 Å². The number of morpholine rings is 1. The van der Waals surface area contributed by atoms with Gasteiger partial charge in [0.05, 0.1) is 19.3 Å². The van der Waals surface area contributed by atoms with Crippen LogP contribution in [0.5, 0.6) is 5.75 Å². The molecule has 6 heteroatoms. The number of amides is 2. The number of nitrogens with zero attached hydrogens (tertiary/aromatic N) is 1. The van der Waals surface area contributed by atoms with Crippen LogP contribution in [0.25, 0.3) is 0 Å². The molecule has 128 valence electrons. The Hall–Kier alpha value is -1.79. The highest BCUT2D eigenvalue weighted by molar-refractivity contribution is 5.73. The second-order valence-corrected chi connectivity index (χ2v) is 6.31. The van der Waals surface area contributed by atoms with E-state index in [1.54, 1.807) is 7.11 Å². The van der Waals surface area contributed by atoms with E-state index in [1.165, 1.54) is 0 Å². The molecule has 0 aliphatic carbocycles. The van der Waals surface area contributed by atoms with E-state index in [1.807, 2.05) is 24.3 Å². The zero-order chi connectivity index (χ0) is 16.7. The number of hydrogen-bond acceptors (Lipinski definition) is 4. The number of nitrogens with one attached hydrogen (secondary N) is 2. The van der Waals surface area contributed by atoms with Gasteiger partial charge in [-0.25, -0.2) is 4.79 Å². The third-order valence-corrected chi connectivity index (χ3v) is 3.85. The normalized spacial score (nSPS) is 17.5. The third kappa shape index (κ3) is 5.73. The van der Waals surface area contributed by atoms with Gasteiger partial charge in [0.25, 0.3) is 0 Å². The number of rotatable bonds is 6. The second-order valence-electron chi connectivity index (χ2n) is 6.31. The van der Waals surface area contributed by atoms with Gasteiger partial charge >= 0.3 is 6.03 Å². The molecule has 2 N–H and O–H groups in total. The van der Waals surface area contributed by atoms with E-state index in [9.17, 15) is 4.79 Å². The van der Waals surface area contributed by atoms with Crippen molar-refractivity contribution in [3.63, 3.8) is 0 Å². The van der Waals surface area contributed by atoms with Gasteiger partial charge in [-0.15, -0.1) is 0 Å². The number of para-hydroxylation sites is 1. The number of urea groups is 1. The van der Waals surface area contributed by atoms with Crippen LogP contribution in [-0.4, -0.2) is 56.4 Å². The van der Waals surface area contributed by atoms with Gasteiger partial charge in [0.15, 0.2) is 0 Å². The van der Waals surface area contributed by atoms with Crippen LogP contribution in [0.4, 0.5) is 4.79 Å². The highest BCUT2D eigenvalue weighted by Gasteiger charge is 2.26. The minimum absolute atomic E-state index is 0.107. The Balaban J connectivity index is 1.67. The lowest BCUT2D eigenvalue weighted by Crippen LogP contribution is -2.50. The van der Waals surface area contributed by atoms with Crippen LogP contribution in [-0.2, 0) is 11.3 Å². The van der Waals surface area contributed by atoms with Crippen LogP contribution in [0.1, 0.15) is 19.4 Å². The zero-order valence-electron chi connectivity index (χ0n) is 14.2. The first kappa shape index (κ1) is 17.6. The first-order chi connectivity index (χ1) is 11.0. The van der Waals surface area contributed by atoms with E-state index in [2.05, 4.69) is 29.4 Å². The van der Waals surface area contributed by atoms with Gasteiger partial charge in [0.1, 0.15) is 5.75 Å². The SMILES string of the molecule is COc1ccccc1CNC(=O)NCCN1CCOC(C)(C)C1. The van der Waals surface area contributed by atoms with Crippen LogP contribution >= 0.6 is 0 Å². The number of hydrogen-bond donors (Lipinski definition) is 2. The summed E-state index contributed by atoms with van der Waals surface area (Å²) in [7, 11) is 1.63. The topological polar surface area (TPSA) is 62.8 Å². The summed E-state index contributed by atoms with van der Waals surface area (Å²) >= 11 is 0. The number of ether oxygens (including phenoxy) is 2. The van der Waals surface area contributed by atoms with E-state index >= 15 is 0 Å². The highest BCUT2D eigenvalue weighted by atomic mass is 16.5. The molecule has 1 aliphatic heterocycles. The second kappa shape index (κ2) is 8.17. The van der Waals surface area contributed by atoms with Gasteiger partial charge in [-0.05, 0) is 19.9 Å². The molecule has 1 aromatic rings. The van der Waals surface area contributed by atoms with E-state index in [0.717, 1.165) is 37.6 Å². The summed E-state index contributed by atoms with van der Waals surface area (Å²) in [6, 6.07) is 7.50. The number of carbonyl (C=O) groups is 1. The number of benzene rings is 1. The Morgan fingerprint density at radius 2 is 2.13 bits per heavy atom. The van der Waals surface area contributed by atoms with Crippen molar-refractivity contribution in [3.05, 3.63) is 29.8 Å². The summed E-state index contributed by atoms with van der Waals surface area (Å²) in [5, 5.41) is 5.75. The van der Waals surface area contributed by atoms with Gasteiger partial charge in [-0.3, -0.25) is 4.90 Å². The van der Waals surface area contributed by atoms with E-state index in [-0.39, 0.29) is 11.6 Å². The molecule has 0 saturated carbocycles. The Bertz CT molecular complexity index is 520. The van der Waals surface area contributed by atoms with Crippen molar-refractivity contribution in [1.82, 2.24) is 15.5 Å². The van der Waals surface area contributed by atoms with Gasteiger partial charge in [-0.1, -0.05) is 18.2 Å². The zero-order valence-corrected chi connectivity index (χ0v) is 14.2. The Morgan fingerprint density at radius 1 is 1.35 bits per heavy atom. The first-order valence-electron chi connectivity index (χ1n) is 8.00. The highest BCUT2D eigenvalue weighted by Crippen LogP contribution is 2.17. The van der Waals surface area contributed by atoms with E-state index < -0.39 is 0 Å². The lowest BCUT2D eigenvalue weighted by Gasteiger charge is -2.38. The van der Waals surface area contributed by atoms with Crippen LogP contribution in [0.3, 0.4) is 0 Å². The quantitative estimate of drug-likeness (QED) is 0.835. The van der Waals surface area contributed by atoms with Crippen molar-refractivity contribution >= 4 is 6.03 Å². The van der Waals surface area contributed by atoms with Crippen molar-refractivity contribution in [2.24, 2.45) is 0 Å². The monoisotopic (exact) mass is 321 g/mol. The number of methoxy groups -OCH3 is 1. The van der Waals surface area contributed by atoms with Crippen molar-refractivity contribution in [2.75, 3.05) is 39.9 Å². The summed E-state index contributed by atoms with van der Waals surface area (Å²) < 4.78 is 10.9. The molecule has 0 unspecified atom stereocenters. The van der Waals surface area contributed by atoms with Crippen LogP contribution in [0, 0.1) is 0 Å². The summed E-state index contributed by atoms with van der Waals surface area (Å²) in [4.78, 5) is 14.2. The lowest BCUT2D eigenvalue weighted by atomic mass is 10.1. The van der Waals surface area contributed by atoms with Gasteiger partial charge in [0.2, 0.25) is 0 Å². The average molecular weight is 321 g/mol. The van der Waals surface area contributed by atoms with Crippen LogP contribution in [0.15, 0.2) is 24.3 Å². The molecular weight excluding hydrogens is 294 g/mol. The first-order valence-corrected chi connectivity index (χ1v) is 8.00. The molecule has 2 rings (SSSR count). The minimum Gasteiger partial charge on any atom is -0.496 e. The molecule has 0 spiro atoms. The smallest absolute Gasteiger partial charge is 0.315 e. The van der Waals surface area contributed by atoms with Crippen molar-refractivity contribution in [2.45, 2.75) is 26.0 Å². The molecule has 0 atom stereocenters. The summed E-state index contributed by atoms with van der Waals surface area (Å²) in [6.07, 6.45) is 0. The maximum Gasteiger partial charge on any atom is 0.315 e. The van der Waals surface area contributed by atoms with Crippen molar-refractivity contribution in [3.8, 4) is 5.75 Å². The lowest BCUT2D eigenvalue weighted by molar-refractivity contribution is -0.0852. The van der Waals surface area contributed by atoms with Crippen molar-refractivity contribution < 1.29 is 14.3 Å². The predicted octanol–water partition coefficient (Wildman–Crippen LogP) is 1.61. The fourth-order valence-corrected chi connectivity index (χ4v) is 2.72. The van der Waals surface area contributed by atoms with Crippen LogP contribution in [0.2, 0.25) is 0 Å². The fourth-order valence-electron chi connectivity index (χ4n) is 2.72. The maximum atomic E-state index is 11.9. The standard InChI is InChI=1S/C17H27N3O3/c1-17(2)13-20(10-11-23-17)9-8-18-16(21)19-12-14-6-4-5-7-15(14)22-3/h4-7H,8-13H2,1-3H3,(H2,18,19,21). The summed E-state index contributed by atoms with van der Waals surface area (Å²) in [5.41, 5.74) is 0.852. The molecule has 6 nitrogen and oxygen atoms in total. The number of carbonyl (C=O) groups excluding carboxylic acids is 1. The summed E-state index contributed by atoms with van der Waals surface area (Å²) in [5.74, 6) is 0.781. The van der Waals surface area contributed by atoms with Crippen molar-refractivity contribution in [1.29, 1.82) is 0 Å². The predicted molar refractivity (Wildman–Crippen MR) is 89.7 cm³/mol. The van der Waals surface area contributed by atoms with Gasteiger partial charge in [-0.2, -0.15) is 0 Å². The molecule has 1 saturated heterocycles. The Kier molecular flexibility index (Phi) is 6.24. The summed E-state index contributed by atoms with van der Waals surface area (Å²) in [6.45, 7) is 8.61. The third-order valence-electron chi connectivity index (χ3n) is 3.85. The maximum absolute atomic E-state index is 11.9. The van der Waals surface area contributed by atoms with Crippen LogP contribution < -0.4 is 15.4 Å². The average Bonchev–Trinajstić information content (AvgIpc) is 2.52. The molecule has 0 bridgehead atoms. The molecule has 1 heterocycles. The molecule has 23 heavy (non-hydrogen) atoms. The van der Waals surface area contributed by atoms with Gasteiger partial charge in [0, 0.05) is 38.3 Å². The Labute approximate surface area is 138 Å². The van der Waals surface area contributed by atoms with E-state index in [4.69, 9.17) is 9.47 Å². The molecule has 0 aromatic heterocycles. The fraction of sp³-hybridized carbons (Fsp3) is 0.588. The Morgan fingerprint density at radius 3 is 2.87 bits per heavy atom. The molecule has 1 aromatic carbocycles. The molecule has 0 radical (unpaired) electrons.